The molecule has 2 bridgehead atoms. The van der Waals surface area contributed by atoms with E-state index >= 15 is 0 Å². The standard InChI is InChI=1S/C35H41BrN6O4S/c1-3-17-39(22-24-13-7-5-8-14-24)32(44)28-29-33(45)41(19-11-6-12-20-43)31(35(29)21-25(36)30(28)47-35)34(46)40(18-4-2)23-42-27-16-10-9-15-26(27)37-38-42/h3-5,7-10,13-16,25,28-31,43H,1-2,6,11-12,17-23H2/t25?,28-,29+,30-,31?,35?/m1/s1. The molecule has 1 N–H and O–H groups in total. The number of hydrogen-bond acceptors (Lipinski definition) is 7. The van der Waals surface area contributed by atoms with E-state index < -0.39 is 22.6 Å². The fraction of sp³-hybridized carbons (Fsp3) is 0.457. The number of fused-ring (bicyclic) bond motifs is 2. The number of hydrogen-bond donors (Lipinski definition) is 1. The summed E-state index contributed by atoms with van der Waals surface area (Å²) in [7, 11) is 0. The molecule has 0 aliphatic carbocycles. The second-order valence-electron chi connectivity index (χ2n) is 12.5. The van der Waals surface area contributed by atoms with E-state index in [0.717, 1.165) is 23.0 Å². The van der Waals surface area contributed by atoms with Crippen LogP contribution in [0.15, 0.2) is 79.9 Å². The van der Waals surface area contributed by atoms with Crippen molar-refractivity contribution in [1.29, 1.82) is 0 Å². The van der Waals surface area contributed by atoms with Crippen LogP contribution in [0.2, 0.25) is 0 Å². The molecule has 3 aliphatic rings. The molecule has 0 radical (unpaired) electrons. The fourth-order valence-electron chi connectivity index (χ4n) is 7.63. The summed E-state index contributed by atoms with van der Waals surface area (Å²) < 4.78 is 0.921. The third kappa shape index (κ3) is 6.15. The lowest BCUT2D eigenvalue weighted by Gasteiger charge is -2.38. The summed E-state index contributed by atoms with van der Waals surface area (Å²) in [5.74, 6) is -1.62. The lowest BCUT2D eigenvalue weighted by atomic mass is 9.70. The van der Waals surface area contributed by atoms with Gasteiger partial charge in [-0.15, -0.1) is 30.0 Å². The van der Waals surface area contributed by atoms with Gasteiger partial charge in [0.1, 0.15) is 18.2 Å². The normalized spacial score (nSPS) is 26.0. The van der Waals surface area contributed by atoms with Crippen molar-refractivity contribution in [3.63, 3.8) is 0 Å². The molecule has 3 aromatic rings. The van der Waals surface area contributed by atoms with Gasteiger partial charge in [0.05, 0.1) is 22.1 Å². The molecular weight excluding hydrogens is 680 g/mol. The number of rotatable bonds is 15. The maximum absolute atomic E-state index is 14.9. The number of amides is 3. The van der Waals surface area contributed by atoms with Crippen molar-refractivity contribution in [2.75, 3.05) is 26.2 Å². The highest BCUT2D eigenvalue weighted by molar-refractivity contribution is 9.09. The summed E-state index contributed by atoms with van der Waals surface area (Å²) in [6, 6.07) is 16.6. The highest BCUT2D eigenvalue weighted by Crippen LogP contribution is 2.68. The van der Waals surface area contributed by atoms with Crippen molar-refractivity contribution in [2.24, 2.45) is 11.8 Å². The molecule has 3 aliphatic heterocycles. The molecule has 47 heavy (non-hydrogen) atoms. The maximum atomic E-state index is 14.9. The predicted molar refractivity (Wildman–Crippen MR) is 186 cm³/mol. The minimum absolute atomic E-state index is 0.0374. The Bertz CT molecular complexity index is 1640. The summed E-state index contributed by atoms with van der Waals surface area (Å²) in [4.78, 5) is 49.2. The first-order valence-corrected chi connectivity index (χ1v) is 18.0. The van der Waals surface area contributed by atoms with Crippen LogP contribution in [0.5, 0.6) is 0 Å². The number of unbranched alkanes of at least 4 members (excludes halogenated alkanes) is 2. The fourth-order valence-corrected chi connectivity index (χ4v) is 11.2. The van der Waals surface area contributed by atoms with E-state index in [1.807, 2.05) is 54.6 Å². The molecule has 248 valence electrons. The molecule has 3 fully saturated rings. The van der Waals surface area contributed by atoms with E-state index in [-0.39, 0.29) is 47.6 Å². The number of aliphatic hydroxyl groups excluding tert-OH is 1. The van der Waals surface area contributed by atoms with Crippen molar-refractivity contribution in [1.82, 2.24) is 29.7 Å². The molecule has 3 saturated heterocycles. The van der Waals surface area contributed by atoms with Crippen molar-refractivity contribution in [3.8, 4) is 0 Å². The van der Waals surface area contributed by atoms with Crippen molar-refractivity contribution in [2.45, 2.75) is 59.8 Å². The Kier molecular flexibility index (Phi) is 10.2. The van der Waals surface area contributed by atoms with Crippen molar-refractivity contribution >= 4 is 56.4 Å². The SMILES string of the molecule is C=CCN(Cn1nnc2ccccc21)C(=O)C1N(CCCCCO)C(=O)[C@@H]2[C@@H](C(=O)N(CC=C)Cc3ccccc3)[C@@H]3SC12CC3Br. The van der Waals surface area contributed by atoms with Gasteiger partial charge in [-0.1, -0.05) is 75.8 Å². The smallest absolute Gasteiger partial charge is 0.248 e. The number of para-hydroxylation sites is 1. The third-order valence-electron chi connectivity index (χ3n) is 9.63. The zero-order chi connectivity index (χ0) is 33.1. The van der Waals surface area contributed by atoms with Crippen LogP contribution in [-0.4, -0.2) is 99.6 Å². The number of likely N-dealkylation sites (tertiary alicyclic amines) is 1. The van der Waals surface area contributed by atoms with Crippen LogP contribution in [0, 0.1) is 11.8 Å². The Hall–Kier alpha value is -3.48. The Morgan fingerprint density at radius 2 is 1.74 bits per heavy atom. The first kappa shape index (κ1) is 33.4. The first-order valence-electron chi connectivity index (χ1n) is 16.2. The molecule has 10 nitrogen and oxygen atoms in total. The van der Waals surface area contributed by atoms with E-state index in [9.17, 15) is 19.5 Å². The minimum atomic E-state index is -0.777. The van der Waals surface area contributed by atoms with Crippen LogP contribution in [-0.2, 0) is 27.6 Å². The number of carbonyl (C=O) groups excluding carboxylic acids is 3. The summed E-state index contributed by atoms with van der Waals surface area (Å²) in [5.41, 5.74) is 2.53. The molecule has 3 unspecified atom stereocenters. The van der Waals surface area contributed by atoms with Crippen molar-refractivity contribution < 1.29 is 19.5 Å². The number of carbonyl (C=O) groups is 3. The number of nitrogens with zero attached hydrogens (tertiary/aromatic N) is 6. The van der Waals surface area contributed by atoms with E-state index in [2.05, 4.69) is 39.4 Å². The number of benzene rings is 2. The number of aromatic nitrogens is 3. The minimum Gasteiger partial charge on any atom is -0.396 e. The molecule has 3 amide bonds. The topological polar surface area (TPSA) is 112 Å². The van der Waals surface area contributed by atoms with Gasteiger partial charge >= 0.3 is 0 Å². The summed E-state index contributed by atoms with van der Waals surface area (Å²) >= 11 is 5.53. The van der Waals surface area contributed by atoms with E-state index in [1.54, 1.807) is 43.3 Å². The summed E-state index contributed by atoms with van der Waals surface area (Å²) in [6.45, 7) is 9.44. The third-order valence-corrected chi connectivity index (χ3v) is 12.8. The molecular formula is C35H41BrN6O4S. The Morgan fingerprint density at radius 1 is 1.02 bits per heavy atom. The molecule has 1 aromatic heterocycles. The lowest BCUT2D eigenvalue weighted by molar-refractivity contribution is -0.145. The largest absolute Gasteiger partial charge is 0.396 e. The van der Waals surface area contributed by atoms with Crippen LogP contribution in [0.1, 0.15) is 31.2 Å². The second-order valence-corrected chi connectivity index (χ2v) is 15.3. The molecule has 1 spiro atoms. The average molecular weight is 722 g/mol. The predicted octanol–water partition coefficient (Wildman–Crippen LogP) is 4.25. The monoisotopic (exact) mass is 720 g/mol. The van der Waals surface area contributed by atoms with Crippen LogP contribution in [0.25, 0.3) is 11.0 Å². The van der Waals surface area contributed by atoms with Gasteiger partial charge in [0.2, 0.25) is 17.7 Å². The zero-order valence-corrected chi connectivity index (χ0v) is 28.8. The van der Waals surface area contributed by atoms with Gasteiger partial charge < -0.3 is 19.8 Å². The molecule has 12 heteroatoms. The van der Waals surface area contributed by atoms with Crippen LogP contribution >= 0.6 is 27.7 Å². The number of thioether (sulfide) groups is 1. The van der Waals surface area contributed by atoms with Gasteiger partial charge in [0, 0.05) is 42.9 Å². The molecule has 4 heterocycles. The van der Waals surface area contributed by atoms with Crippen LogP contribution < -0.4 is 0 Å². The average Bonchev–Trinajstić information content (AvgIpc) is 3.80. The lowest BCUT2D eigenvalue weighted by Crippen LogP contribution is -2.56. The van der Waals surface area contributed by atoms with Crippen molar-refractivity contribution in [3.05, 3.63) is 85.5 Å². The van der Waals surface area contributed by atoms with E-state index in [4.69, 9.17) is 0 Å². The quantitative estimate of drug-likeness (QED) is 0.142. The first-order chi connectivity index (χ1) is 22.8. The molecule has 0 saturated carbocycles. The number of aliphatic hydroxyl groups is 1. The van der Waals surface area contributed by atoms with Gasteiger partial charge in [-0.3, -0.25) is 14.4 Å². The van der Waals surface area contributed by atoms with E-state index in [0.29, 0.717) is 38.9 Å². The number of halogens is 1. The molecule has 2 aromatic carbocycles. The zero-order valence-electron chi connectivity index (χ0n) is 26.4. The van der Waals surface area contributed by atoms with E-state index in [1.165, 1.54) is 0 Å². The van der Waals surface area contributed by atoms with Gasteiger partial charge in [0.15, 0.2) is 0 Å². The van der Waals surface area contributed by atoms with Gasteiger partial charge in [-0.05, 0) is 43.4 Å². The molecule has 6 rings (SSSR count). The van der Waals surface area contributed by atoms with Crippen LogP contribution in [0.4, 0.5) is 0 Å². The van der Waals surface area contributed by atoms with Gasteiger partial charge in [0.25, 0.3) is 0 Å². The summed E-state index contributed by atoms with van der Waals surface area (Å²) in [5, 5.41) is 17.8. The highest BCUT2D eigenvalue weighted by atomic mass is 79.9. The second kappa shape index (κ2) is 14.3. The Morgan fingerprint density at radius 3 is 2.49 bits per heavy atom. The Labute approximate surface area is 288 Å². The van der Waals surface area contributed by atoms with Gasteiger partial charge in [-0.2, -0.15) is 0 Å². The Balaban J connectivity index is 1.35. The highest BCUT2D eigenvalue weighted by Gasteiger charge is 2.76. The number of alkyl halides is 1. The molecule has 6 atom stereocenters. The van der Waals surface area contributed by atoms with Gasteiger partial charge in [-0.25, -0.2) is 4.68 Å². The maximum Gasteiger partial charge on any atom is 0.248 e. The van der Waals surface area contributed by atoms with Crippen LogP contribution in [0.3, 0.4) is 0 Å². The summed E-state index contributed by atoms with van der Waals surface area (Å²) in [6.07, 6.45) is 6.00.